The summed E-state index contributed by atoms with van der Waals surface area (Å²) >= 11 is 0. The fourth-order valence-corrected chi connectivity index (χ4v) is 1.57. The molecular weight excluding hydrogens is 208 g/mol. The van der Waals surface area contributed by atoms with Crippen LogP contribution in [-0.4, -0.2) is 22.2 Å². The van der Waals surface area contributed by atoms with Crippen LogP contribution in [0.4, 0.5) is 0 Å². The maximum atomic E-state index is 10.6. The van der Waals surface area contributed by atoms with Gasteiger partial charge in [0.15, 0.2) is 0 Å². The van der Waals surface area contributed by atoms with E-state index in [9.17, 15) is 9.59 Å². The first-order valence-electron chi connectivity index (χ1n) is 4.99. The second kappa shape index (κ2) is 5.30. The van der Waals surface area contributed by atoms with E-state index in [-0.39, 0.29) is 12.8 Å². The Morgan fingerprint density at radius 3 is 1.88 bits per heavy atom. The molecule has 4 nitrogen and oxygen atoms in total. The number of carboxylic acid groups (broad SMARTS) is 2. The predicted octanol–water partition coefficient (Wildman–Crippen LogP) is 2.03. The Kier molecular flexibility index (Phi) is 4.05. The minimum absolute atomic E-state index is 0.157. The van der Waals surface area contributed by atoms with E-state index in [2.05, 4.69) is 0 Å². The van der Waals surface area contributed by atoms with Gasteiger partial charge in [-0.05, 0) is 12.5 Å². The minimum Gasteiger partial charge on any atom is -0.481 e. The Bertz CT molecular complexity index is 365. The zero-order chi connectivity index (χ0) is 12.1. The van der Waals surface area contributed by atoms with Gasteiger partial charge in [0.2, 0.25) is 0 Å². The summed E-state index contributed by atoms with van der Waals surface area (Å²) in [6.07, 6.45) is -0.315. The molecule has 0 radical (unpaired) electrons. The number of carboxylic acids is 2. The predicted molar refractivity (Wildman–Crippen MR) is 58.4 cm³/mol. The average molecular weight is 222 g/mol. The molecule has 0 aromatic heterocycles. The van der Waals surface area contributed by atoms with Crippen molar-refractivity contribution in [2.75, 3.05) is 0 Å². The average Bonchev–Trinajstić information content (AvgIpc) is 2.16. The van der Waals surface area contributed by atoms with Crippen LogP contribution in [0.25, 0.3) is 0 Å². The second-order valence-electron chi connectivity index (χ2n) is 3.80. The summed E-state index contributed by atoms with van der Waals surface area (Å²) in [6.45, 7) is 1.92. The van der Waals surface area contributed by atoms with Crippen LogP contribution >= 0.6 is 0 Å². The highest BCUT2D eigenvalue weighted by Crippen LogP contribution is 2.23. The number of rotatable bonds is 5. The van der Waals surface area contributed by atoms with E-state index < -0.39 is 17.9 Å². The molecule has 0 aliphatic carbocycles. The number of hydrogen-bond donors (Lipinski definition) is 2. The van der Waals surface area contributed by atoms with Crippen molar-refractivity contribution in [3.63, 3.8) is 0 Å². The zero-order valence-electron chi connectivity index (χ0n) is 9.01. The van der Waals surface area contributed by atoms with Gasteiger partial charge in [0, 0.05) is 5.92 Å². The van der Waals surface area contributed by atoms with Crippen molar-refractivity contribution in [3.05, 3.63) is 35.4 Å². The lowest BCUT2D eigenvalue weighted by molar-refractivity contribution is -0.139. The second-order valence-corrected chi connectivity index (χ2v) is 3.80. The highest BCUT2D eigenvalue weighted by molar-refractivity contribution is 5.72. The van der Waals surface area contributed by atoms with E-state index in [1.807, 2.05) is 19.1 Å². The van der Waals surface area contributed by atoms with Gasteiger partial charge in [0.05, 0.1) is 12.8 Å². The van der Waals surface area contributed by atoms with Crippen LogP contribution in [0.2, 0.25) is 0 Å². The third kappa shape index (κ3) is 3.73. The van der Waals surface area contributed by atoms with E-state index >= 15 is 0 Å². The monoisotopic (exact) mass is 222 g/mol. The fourth-order valence-electron chi connectivity index (χ4n) is 1.57. The normalized spacial score (nSPS) is 10.4. The maximum Gasteiger partial charge on any atom is 0.303 e. The SMILES string of the molecule is Cc1ccc(C(CC(=O)O)CC(=O)O)cc1. The van der Waals surface area contributed by atoms with E-state index in [0.29, 0.717) is 0 Å². The molecular formula is C12H14O4. The standard InChI is InChI=1S/C12H14O4/c1-8-2-4-9(5-3-8)10(6-11(13)14)7-12(15)16/h2-5,10H,6-7H2,1H3,(H,13,14)(H,15,16). The Morgan fingerprint density at radius 2 is 1.50 bits per heavy atom. The molecule has 0 saturated heterocycles. The molecule has 0 aliphatic rings. The topological polar surface area (TPSA) is 74.6 Å². The largest absolute Gasteiger partial charge is 0.481 e. The number of aryl methyl sites for hydroxylation is 1. The molecule has 4 heteroatoms. The molecule has 2 N–H and O–H groups in total. The quantitative estimate of drug-likeness (QED) is 0.799. The molecule has 1 rings (SSSR count). The van der Waals surface area contributed by atoms with E-state index in [0.717, 1.165) is 11.1 Å². The van der Waals surface area contributed by atoms with Crippen LogP contribution in [0.5, 0.6) is 0 Å². The van der Waals surface area contributed by atoms with Gasteiger partial charge in [0.25, 0.3) is 0 Å². The molecule has 1 aromatic carbocycles. The lowest BCUT2D eigenvalue weighted by Crippen LogP contribution is -2.11. The molecule has 0 fully saturated rings. The molecule has 0 spiro atoms. The molecule has 0 saturated carbocycles. The number of hydrogen-bond acceptors (Lipinski definition) is 2. The Labute approximate surface area is 93.5 Å². The van der Waals surface area contributed by atoms with Crippen molar-refractivity contribution in [3.8, 4) is 0 Å². The Balaban J connectivity index is 2.86. The highest BCUT2D eigenvalue weighted by atomic mass is 16.4. The first-order valence-corrected chi connectivity index (χ1v) is 4.99. The van der Waals surface area contributed by atoms with E-state index in [1.165, 1.54) is 0 Å². The first kappa shape index (κ1) is 12.2. The van der Waals surface area contributed by atoms with Gasteiger partial charge in [-0.15, -0.1) is 0 Å². The van der Waals surface area contributed by atoms with Gasteiger partial charge in [-0.25, -0.2) is 0 Å². The van der Waals surface area contributed by atoms with Crippen LogP contribution in [0.1, 0.15) is 29.9 Å². The molecule has 0 unspecified atom stereocenters. The molecule has 86 valence electrons. The van der Waals surface area contributed by atoms with Crippen LogP contribution in [0.15, 0.2) is 24.3 Å². The Morgan fingerprint density at radius 1 is 1.06 bits per heavy atom. The van der Waals surface area contributed by atoms with Gasteiger partial charge in [-0.1, -0.05) is 29.8 Å². The van der Waals surface area contributed by atoms with Crippen molar-refractivity contribution < 1.29 is 19.8 Å². The molecule has 1 aromatic rings. The Hall–Kier alpha value is -1.84. The van der Waals surface area contributed by atoms with Crippen LogP contribution in [0, 0.1) is 6.92 Å². The smallest absolute Gasteiger partial charge is 0.303 e. The zero-order valence-corrected chi connectivity index (χ0v) is 9.01. The molecule has 0 amide bonds. The number of benzene rings is 1. The van der Waals surface area contributed by atoms with Gasteiger partial charge in [0.1, 0.15) is 0 Å². The lowest BCUT2D eigenvalue weighted by atomic mass is 9.92. The molecule has 0 atom stereocenters. The van der Waals surface area contributed by atoms with Crippen LogP contribution < -0.4 is 0 Å². The van der Waals surface area contributed by atoms with E-state index in [1.54, 1.807) is 12.1 Å². The summed E-state index contributed by atoms with van der Waals surface area (Å²) in [5.74, 6) is -2.42. The molecule has 0 bridgehead atoms. The first-order chi connectivity index (χ1) is 7.49. The van der Waals surface area contributed by atoms with Crippen molar-refractivity contribution in [1.82, 2.24) is 0 Å². The summed E-state index contributed by atoms with van der Waals surface area (Å²) < 4.78 is 0. The van der Waals surface area contributed by atoms with Crippen molar-refractivity contribution in [2.24, 2.45) is 0 Å². The third-order valence-electron chi connectivity index (χ3n) is 2.39. The third-order valence-corrected chi connectivity index (χ3v) is 2.39. The van der Waals surface area contributed by atoms with Crippen molar-refractivity contribution in [1.29, 1.82) is 0 Å². The minimum atomic E-state index is -0.980. The van der Waals surface area contributed by atoms with Crippen LogP contribution in [-0.2, 0) is 9.59 Å². The van der Waals surface area contributed by atoms with E-state index in [4.69, 9.17) is 10.2 Å². The maximum absolute atomic E-state index is 10.6. The molecule has 0 heterocycles. The molecule has 0 aliphatic heterocycles. The van der Waals surface area contributed by atoms with Gasteiger partial charge < -0.3 is 10.2 Å². The van der Waals surface area contributed by atoms with Crippen LogP contribution in [0.3, 0.4) is 0 Å². The summed E-state index contributed by atoms with van der Waals surface area (Å²) in [5.41, 5.74) is 1.82. The number of aliphatic carboxylic acids is 2. The summed E-state index contributed by atoms with van der Waals surface area (Å²) in [7, 11) is 0. The van der Waals surface area contributed by atoms with Crippen molar-refractivity contribution >= 4 is 11.9 Å². The summed E-state index contributed by atoms with van der Waals surface area (Å²) in [4.78, 5) is 21.3. The fraction of sp³-hybridized carbons (Fsp3) is 0.333. The lowest BCUT2D eigenvalue weighted by Gasteiger charge is -2.12. The van der Waals surface area contributed by atoms with Gasteiger partial charge in [-0.2, -0.15) is 0 Å². The van der Waals surface area contributed by atoms with Crippen molar-refractivity contribution in [2.45, 2.75) is 25.7 Å². The van der Waals surface area contributed by atoms with Gasteiger partial charge in [-0.3, -0.25) is 9.59 Å². The summed E-state index contributed by atoms with van der Waals surface area (Å²) in [6, 6.07) is 7.27. The number of carbonyl (C=O) groups is 2. The van der Waals surface area contributed by atoms with Gasteiger partial charge >= 0.3 is 11.9 Å². The highest BCUT2D eigenvalue weighted by Gasteiger charge is 2.18. The summed E-state index contributed by atoms with van der Waals surface area (Å²) in [5, 5.41) is 17.4. The molecule has 16 heavy (non-hydrogen) atoms.